The Labute approximate surface area is 193 Å². The zero-order valence-electron chi connectivity index (χ0n) is 20.6. The number of fused-ring (bicyclic) bond motifs is 4. The first-order chi connectivity index (χ1) is 15.9. The van der Waals surface area contributed by atoms with Gasteiger partial charge in [-0.2, -0.15) is 0 Å². The summed E-state index contributed by atoms with van der Waals surface area (Å²) in [6.07, 6.45) is 1.46. The number of hydrogen-bond acceptors (Lipinski definition) is 2. The lowest BCUT2D eigenvalue weighted by Gasteiger charge is -2.18. The molecule has 2 aliphatic heterocycles. The topological polar surface area (TPSA) is 48.4 Å². The molecule has 33 heavy (non-hydrogen) atoms. The molecule has 2 aromatic heterocycles. The van der Waals surface area contributed by atoms with Crippen molar-refractivity contribution in [3.8, 4) is 0 Å². The van der Waals surface area contributed by atoms with Gasteiger partial charge in [-0.1, -0.05) is 27.7 Å². The molecule has 0 aliphatic carbocycles. The molecule has 0 bridgehead atoms. The first-order valence-electron chi connectivity index (χ1n) is 12.0. The molecule has 2 aromatic carbocycles. The highest BCUT2D eigenvalue weighted by atomic mass is 16.1. The zero-order chi connectivity index (χ0) is 24.2. The van der Waals surface area contributed by atoms with E-state index in [1.807, 2.05) is 52.2 Å². The molecule has 0 N–H and O–H groups in total. The third-order valence-corrected chi connectivity index (χ3v) is 6.86. The zero-order valence-corrected chi connectivity index (χ0v) is 20.6. The summed E-state index contributed by atoms with van der Waals surface area (Å²) in [7, 11) is 0. The Morgan fingerprint density at radius 3 is 1.70 bits per heavy atom. The highest BCUT2D eigenvalue weighted by Crippen LogP contribution is 2.34. The summed E-state index contributed by atoms with van der Waals surface area (Å²) in [6.45, 7) is 22.9. The van der Waals surface area contributed by atoms with Crippen LogP contribution in [-0.4, -0.2) is 9.13 Å². The minimum Gasteiger partial charge on any atom is -0.318 e. The van der Waals surface area contributed by atoms with Crippen LogP contribution in [0.25, 0.3) is 48.4 Å². The fourth-order valence-electron chi connectivity index (χ4n) is 5.63. The van der Waals surface area contributed by atoms with Gasteiger partial charge in [0.2, 0.25) is 0 Å². The first kappa shape index (κ1) is 22.8. The van der Waals surface area contributed by atoms with Gasteiger partial charge in [0, 0.05) is 35.7 Å². The molecule has 4 aromatic rings. The molecule has 6 rings (SSSR count). The molecule has 0 radical (unpaired) electrons. The summed E-state index contributed by atoms with van der Waals surface area (Å²) in [5.74, 6) is 0. The van der Waals surface area contributed by atoms with E-state index >= 15 is 0 Å². The molecule has 4 heterocycles. The monoisotopic (exact) mass is 441 g/mol. The van der Waals surface area contributed by atoms with Crippen molar-refractivity contribution in [3.63, 3.8) is 0 Å². The molecular weight excluding hydrogens is 410 g/mol. The fourth-order valence-corrected chi connectivity index (χ4v) is 5.63. The molecule has 5 nitrogen and oxygen atoms in total. The van der Waals surface area contributed by atoms with Crippen LogP contribution in [0.4, 0.5) is 0 Å². The van der Waals surface area contributed by atoms with Crippen molar-refractivity contribution in [2.24, 2.45) is 0 Å². The first-order valence-corrected chi connectivity index (χ1v) is 12.0. The van der Waals surface area contributed by atoms with Crippen LogP contribution in [-0.2, 0) is 13.1 Å². The number of nitrogens with zero attached hydrogens (tertiary/aromatic N) is 3. The molecule has 5 heteroatoms. The maximum absolute atomic E-state index is 13.4. The van der Waals surface area contributed by atoms with Crippen molar-refractivity contribution >= 4 is 43.6 Å². The number of rotatable bonds is 0. The van der Waals surface area contributed by atoms with E-state index < -0.39 is 0 Å². The summed E-state index contributed by atoms with van der Waals surface area (Å²) in [4.78, 5) is 30.6. The summed E-state index contributed by atoms with van der Waals surface area (Å²) >= 11 is 0. The van der Waals surface area contributed by atoms with Gasteiger partial charge in [0.25, 0.3) is 11.1 Å². The molecule has 0 spiro atoms. The Morgan fingerprint density at radius 1 is 0.727 bits per heavy atom. The van der Waals surface area contributed by atoms with E-state index in [0.29, 0.717) is 36.0 Å². The van der Waals surface area contributed by atoms with E-state index in [0.717, 1.165) is 49.8 Å². The van der Waals surface area contributed by atoms with Crippen molar-refractivity contribution in [1.82, 2.24) is 9.13 Å². The van der Waals surface area contributed by atoms with Gasteiger partial charge in [-0.3, -0.25) is 9.59 Å². The van der Waals surface area contributed by atoms with Crippen LogP contribution in [0, 0.1) is 20.4 Å². The molecule has 0 atom stereocenters. The molecule has 0 saturated carbocycles. The Bertz CT molecular complexity index is 1730. The van der Waals surface area contributed by atoms with Crippen LogP contribution >= 0.6 is 0 Å². The average Bonchev–Trinajstić information content (AvgIpc) is 3.44. The van der Waals surface area contributed by atoms with Crippen molar-refractivity contribution in [2.45, 2.75) is 74.4 Å². The maximum atomic E-state index is 13.4. The lowest BCUT2D eigenvalue weighted by atomic mass is 9.90. The molecule has 2 aliphatic rings. The maximum Gasteiger partial charge on any atom is 0.259 e. The third-order valence-electron chi connectivity index (χ3n) is 6.86. The summed E-state index contributed by atoms with van der Waals surface area (Å²) in [5.41, 5.74) is 3.69. The largest absolute Gasteiger partial charge is 0.318 e. The van der Waals surface area contributed by atoms with Crippen molar-refractivity contribution < 1.29 is 0 Å². The molecule has 170 valence electrons. The Hall–Kier alpha value is -3.39. The van der Waals surface area contributed by atoms with Crippen LogP contribution in [0.3, 0.4) is 0 Å². The molecule has 0 unspecified atom stereocenters. The Balaban J connectivity index is 0.000000617. The highest BCUT2D eigenvalue weighted by Gasteiger charge is 2.26. The second kappa shape index (κ2) is 8.19. The van der Waals surface area contributed by atoms with Crippen LogP contribution in [0.5, 0.6) is 0 Å². The smallest absolute Gasteiger partial charge is 0.259 e. The summed E-state index contributed by atoms with van der Waals surface area (Å²) in [5, 5.41) is 6.90. The van der Waals surface area contributed by atoms with E-state index in [-0.39, 0.29) is 11.1 Å². The standard InChI is InChI=1S/C24H19N3O2.2C2H6/c1-11-5-7-26-21(11)14-9-12(2)18-20-15(10-13(3)17(19(14)20)23(26)28)22-16(25-4)6-8-27(22)24(18)29;2*1-2/h9-10H,5-8H2,1-3H3;2*1-2H3. The average molecular weight is 442 g/mol. The van der Waals surface area contributed by atoms with Gasteiger partial charge in [-0.15, -0.1) is 0 Å². The number of benzene rings is 2. The summed E-state index contributed by atoms with van der Waals surface area (Å²) < 4.78 is 3.66. The van der Waals surface area contributed by atoms with Crippen LogP contribution in [0.15, 0.2) is 21.7 Å². The normalized spacial score (nSPS) is 14.1. The van der Waals surface area contributed by atoms with Crippen LogP contribution in [0.1, 0.15) is 58.6 Å². The van der Waals surface area contributed by atoms with Crippen molar-refractivity contribution in [2.75, 3.05) is 0 Å². The van der Waals surface area contributed by atoms with Gasteiger partial charge in [-0.05, 0) is 61.4 Å². The lowest BCUT2D eigenvalue weighted by molar-refractivity contribution is 0.716. The second-order valence-corrected chi connectivity index (χ2v) is 8.43. The van der Waals surface area contributed by atoms with Gasteiger partial charge in [0.05, 0.1) is 28.0 Å². The Kier molecular flexibility index (Phi) is 5.66. The second-order valence-electron chi connectivity index (χ2n) is 8.43. The molecule has 0 fully saturated rings. The minimum absolute atomic E-state index is 0.0314. The van der Waals surface area contributed by atoms with E-state index in [9.17, 15) is 9.59 Å². The number of aryl methyl sites for hydroxylation is 2. The van der Waals surface area contributed by atoms with E-state index in [2.05, 4.69) is 17.8 Å². The third kappa shape index (κ3) is 2.83. The predicted molar refractivity (Wildman–Crippen MR) is 138 cm³/mol. The number of aromatic nitrogens is 2. The molecule has 0 amide bonds. The van der Waals surface area contributed by atoms with Gasteiger partial charge in [0.15, 0.2) is 5.70 Å². The highest BCUT2D eigenvalue weighted by molar-refractivity contribution is 6.24. The molecular formula is C28H31N3O2. The van der Waals surface area contributed by atoms with Gasteiger partial charge < -0.3 is 9.13 Å². The van der Waals surface area contributed by atoms with Crippen molar-refractivity contribution in [1.29, 1.82) is 0 Å². The van der Waals surface area contributed by atoms with E-state index in [4.69, 9.17) is 6.57 Å². The quantitative estimate of drug-likeness (QED) is 0.296. The molecule has 0 saturated heterocycles. The Morgan fingerprint density at radius 2 is 1.18 bits per heavy atom. The van der Waals surface area contributed by atoms with E-state index in [1.165, 1.54) is 5.57 Å². The van der Waals surface area contributed by atoms with Gasteiger partial charge >= 0.3 is 0 Å². The SMILES string of the molecule is CC.CC.[C-]#[N+]C1=c2c3cc(C)c4c(=O)n5c(c6cc(C)c(c(=O)n2CC1)c3c64)=C(C)CC5. The minimum atomic E-state index is -0.0444. The summed E-state index contributed by atoms with van der Waals surface area (Å²) in [6, 6.07) is 4.11. The fraction of sp³-hybridized carbons (Fsp3) is 0.393. The lowest BCUT2D eigenvalue weighted by Crippen LogP contribution is -2.34. The van der Waals surface area contributed by atoms with Crippen LogP contribution < -0.4 is 21.8 Å². The van der Waals surface area contributed by atoms with Gasteiger partial charge in [-0.25, -0.2) is 4.85 Å². The van der Waals surface area contributed by atoms with Gasteiger partial charge in [0.1, 0.15) is 0 Å². The number of hydrogen-bond donors (Lipinski definition) is 0. The van der Waals surface area contributed by atoms with Crippen molar-refractivity contribution in [3.05, 3.63) is 66.1 Å². The van der Waals surface area contributed by atoms with Crippen LogP contribution in [0.2, 0.25) is 0 Å². The van der Waals surface area contributed by atoms with E-state index in [1.54, 1.807) is 4.57 Å². The number of pyridine rings is 2. The predicted octanol–water partition coefficient (Wildman–Crippen LogP) is 4.58.